The van der Waals surface area contributed by atoms with Crippen molar-refractivity contribution in [3.63, 3.8) is 0 Å². The van der Waals surface area contributed by atoms with E-state index in [0.717, 1.165) is 17.7 Å². The van der Waals surface area contributed by atoms with Crippen molar-refractivity contribution in [1.82, 2.24) is 20.5 Å². The summed E-state index contributed by atoms with van der Waals surface area (Å²) in [5.41, 5.74) is 1.32. The largest absolute Gasteiger partial charge is 0.347 e. The molecule has 3 aromatic rings. The van der Waals surface area contributed by atoms with Crippen molar-refractivity contribution in [3.8, 4) is 0 Å². The number of halogens is 2. The van der Waals surface area contributed by atoms with Crippen molar-refractivity contribution in [3.05, 3.63) is 77.8 Å². The highest BCUT2D eigenvalue weighted by Gasteiger charge is 2.09. The maximum atomic E-state index is 13.2. The average molecular weight is 341 g/mol. The van der Waals surface area contributed by atoms with Crippen LogP contribution in [-0.4, -0.2) is 21.1 Å². The first-order valence-corrected chi connectivity index (χ1v) is 7.35. The lowest BCUT2D eigenvalue weighted by molar-refractivity contribution is 0.0945. The van der Waals surface area contributed by atoms with E-state index < -0.39 is 11.6 Å². The number of benzene rings is 1. The first-order valence-electron chi connectivity index (χ1n) is 7.35. The Balaban J connectivity index is 1.61. The van der Waals surface area contributed by atoms with E-state index in [4.69, 9.17) is 0 Å². The number of carbonyl (C=O) groups excluding carboxylic acids is 1. The second-order valence-electron chi connectivity index (χ2n) is 5.10. The number of amides is 1. The average Bonchev–Trinajstić information content (AvgIpc) is 2.64. The summed E-state index contributed by atoms with van der Waals surface area (Å²) in [4.78, 5) is 16.0. The van der Waals surface area contributed by atoms with Gasteiger partial charge in [-0.2, -0.15) is 0 Å². The molecular weight excluding hydrogens is 328 g/mol. The summed E-state index contributed by atoms with van der Waals surface area (Å²) in [6, 6.07) is 10.0. The fraction of sp³-hybridized carbons (Fsp3) is 0.0588. The molecule has 0 atom stereocenters. The Labute approximate surface area is 141 Å². The van der Waals surface area contributed by atoms with E-state index in [2.05, 4.69) is 25.8 Å². The molecule has 0 saturated heterocycles. The number of pyridine rings is 1. The van der Waals surface area contributed by atoms with Crippen molar-refractivity contribution in [2.75, 3.05) is 5.32 Å². The van der Waals surface area contributed by atoms with Crippen LogP contribution in [0, 0.1) is 11.6 Å². The lowest BCUT2D eigenvalue weighted by Gasteiger charge is -2.07. The molecule has 1 aromatic carbocycles. The van der Waals surface area contributed by atoms with Crippen LogP contribution < -0.4 is 10.6 Å². The second-order valence-corrected chi connectivity index (χ2v) is 5.10. The molecule has 1 amide bonds. The Hall–Kier alpha value is -3.42. The van der Waals surface area contributed by atoms with Crippen LogP contribution in [0.2, 0.25) is 0 Å². The van der Waals surface area contributed by atoms with E-state index in [9.17, 15) is 13.6 Å². The standard InChI is InChI=1S/C17H13F2N5O/c18-13-4-3-12(8-14(13)19)22-16-6-5-15(23-24-16)17(25)21-10-11-2-1-7-20-9-11/h1-9H,10H2,(H,21,25)(H,22,24). The Bertz CT molecular complexity index is 872. The van der Waals surface area contributed by atoms with Gasteiger partial charge in [0.2, 0.25) is 0 Å². The van der Waals surface area contributed by atoms with Crippen LogP contribution in [0.4, 0.5) is 20.3 Å². The molecule has 0 radical (unpaired) electrons. The van der Waals surface area contributed by atoms with Gasteiger partial charge >= 0.3 is 0 Å². The molecule has 0 spiro atoms. The fourth-order valence-electron chi connectivity index (χ4n) is 2.02. The summed E-state index contributed by atoms with van der Waals surface area (Å²) in [6.07, 6.45) is 3.30. The summed E-state index contributed by atoms with van der Waals surface area (Å²) in [5.74, 6) is -1.98. The van der Waals surface area contributed by atoms with Crippen LogP contribution >= 0.6 is 0 Å². The van der Waals surface area contributed by atoms with E-state index in [0.29, 0.717) is 18.1 Å². The summed E-state index contributed by atoms with van der Waals surface area (Å²) in [5, 5.41) is 13.2. The number of hydrogen-bond donors (Lipinski definition) is 2. The first kappa shape index (κ1) is 16.4. The molecule has 0 aliphatic carbocycles. The predicted molar refractivity (Wildman–Crippen MR) is 87.1 cm³/mol. The third-order valence-electron chi connectivity index (χ3n) is 3.27. The van der Waals surface area contributed by atoms with Gasteiger partial charge in [0, 0.05) is 30.7 Å². The zero-order valence-corrected chi connectivity index (χ0v) is 12.9. The quantitative estimate of drug-likeness (QED) is 0.746. The van der Waals surface area contributed by atoms with E-state index in [1.54, 1.807) is 18.5 Å². The highest BCUT2D eigenvalue weighted by molar-refractivity contribution is 5.92. The van der Waals surface area contributed by atoms with Gasteiger partial charge in [0.25, 0.3) is 5.91 Å². The van der Waals surface area contributed by atoms with Gasteiger partial charge in [-0.15, -0.1) is 10.2 Å². The first-order chi connectivity index (χ1) is 12.1. The van der Waals surface area contributed by atoms with Gasteiger partial charge < -0.3 is 10.6 Å². The zero-order valence-electron chi connectivity index (χ0n) is 12.9. The van der Waals surface area contributed by atoms with Crippen molar-refractivity contribution < 1.29 is 13.6 Å². The smallest absolute Gasteiger partial charge is 0.272 e. The van der Waals surface area contributed by atoms with Gasteiger partial charge in [-0.3, -0.25) is 9.78 Å². The van der Waals surface area contributed by atoms with Crippen molar-refractivity contribution >= 4 is 17.4 Å². The molecule has 0 fully saturated rings. The Morgan fingerprint density at radius 2 is 1.92 bits per heavy atom. The molecule has 8 heteroatoms. The fourth-order valence-corrected chi connectivity index (χ4v) is 2.02. The Morgan fingerprint density at radius 1 is 1.04 bits per heavy atom. The SMILES string of the molecule is O=C(NCc1cccnc1)c1ccc(Nc2ccc(F)c(F)c2)nn1. The molecule has 2 heterocycles. The minimum Gasteiger partial charge on any atom is -0.347 e. The Kier molecular flexibility index (Phi) is 4.89. The number of nitrogens with one attached hydrogen (secondary N) is 2. The number of anilines is 2. The molecule has 0 unspecified atom stereocenters. The molecular formula is C17H13F2N5O. The van der Waals surface area contributed by atoms with Crippen molar-refractivity contribution in [2.24, 2.45) is 0 Å². The minimum atomic E-state index is -0.968. The summed E-state index contributed by atoms with van der Waals surface area (Å²) >= 11 is 0. The van der Waals surface area contributed by atoms with E-state index in [1.807, 2.05) is 6.07 Å². The zero-order chi connectivity index (χ0) is 17.6. The molecule has 0 saturated carbocycles. The lowest BCUT2D eigenvalue weighted by Crippen LogP contribution is -2.24. The lowest BCUT2D eigenvalue weighted by atomic mass is 10.2. The summed E-state index contributed by atoms with van der Waals surface area (Å²) < 4.78 is 26.1. The minimum absolute atomic E-state index is 0.139. The van der Waals surface area contributed by atoms with Gasteiger partial charge in [-0.05, 0) is 35.9 Å². The maximum absolute atomic E-state index is 13.2. The summed E-state index contributed by atoms with van der Waals surface area (Å²) in [6.45, 7) is 0.323. The van der Waals surface area contributed by atoms with E-state index in [-0.39, 0.29) is 11.6 Å². The van der Waals surface area contributed by atoms with E-state index >= 15 is 0 Å². The topological polar surface area (TPSA) is 79.8 Å². The van der Waals surface area contributed by atoms with E-state index in [1.165, 1.54) is 18.2 Å². The number of carbonyl (C=O) groups is 1. The molecule has 0 aliphatic heterocycles. The summed E-state index contributed by atoms with van der Waals surface area (Å²) in [7, 11) is 0. The number of rotatable bonds is 5. The molecule has 6 nitrogen and oxygen atoms in total. The third-order valence-corrected chi connectivity index (χ3v) is 3.27. The second kappa shape index (κ2) is 7.43. The van der Waals surface area contributed by atoms with Crippen molar-refractivity contribution in [1.29, 1.82) is 0 Å². The number of hydrogen-bond acceptors (Lipinski definition) is 5. The van der Waals surface area contributed by atoms with Gasteiger partial charge in [0.1, 0.15) is 0 Å². The molecule has 126 valence electrons. The van der Waals surface area contributed by atoms with Gasteiger partial charge in [0.05, 0.1) is 0 Å². The van der Waals surface area contributed by atoms with Crippen molar-refractivity contribution in [2.45, 2.75) is 6.54 Å². The highest BCUT2D eigenvalue weighted by Crippen LogP contribution is 2.17. The maximum Gasteiger partial charge on any atom is 0.272 e. The van der Waals surface area contributed by atoms with Crippen LogP contribution in [0.25, 0.3) is 0 Å². The molecule has 25 heavy (non-hydrogen) atoms. The van der Waals surface area contributed by atoms with Gasteiger partial charge in [-0.25, -0.2) is 8.78 Å². The monoisotopic (exact) mass is 341 g/mol. The van der Waals surface area contributed by atoms with Gasteiger partial charge in [0.15, 0.2) is 23.1 Å². The normalized spacial score (nSPS) is 10.3. The van der Waals surface area contributed by atoms with Crippen LogP contribution in [0.5, 0.6) is 0 Å². The van der Waals surface area contributed by atoms with Crippen LogP contribution in [0.3, 0.4) is 0 Å². The molecule has 0 aliphatic rings. The van der Waals surface area contributed by atoms with Crippen LogP contribution in [0.15, 0.2) is 54.9 Å². The molecule has 2 aromatic heterocycles. The van der Waals surface area contributed by atoms with Crippen LogP contribution in [0.1, 0.15) is 16.1 Å². The number of nitrogens with zero attached hydrogens (tertiary/aromatic N) is 3. The molecule has 2 N–H and O–H groups in total. The highest BCUT2D eigenvalue weighted by atomic mass is 19.2. The Morgan fingerprint density at radius 3 is 2.60 bits per heavy atom. The number of aromatic nitrogens is 3. The molecule has 3 rings (SSSR count). The van der Waals surface area contributed by atoms with Crippen LogP contribution in [-0.2, 0) is 6.54 Å². The molecule has 0 bridgehead atoms. The third kappa shape index (κ3) is 4.31. The predicted octanol–water partition coefficient (Wildman–Crippen LogP) is 2.82. The van der Waals surface area contributed by atoms with Gasteiger partial charge in [-0.1, -0.05) is 6.07 Å².